The van der Waals surface area contributed by atoms with Crippen LogP contribution in [0.4, 0.5) is 0 Å². The molecule has 0 saturated carbocycles. The Balaban J connectivity index is 1.46. The summed E-state index contributed by atoms with van der Waals surface area (Å²) in [5.74, 6) is -2.00. The molecule has 1 aliphatic rings. The third-order valence-electron chi connectivity index (χ3n) is 4.62. The second-order valence-corrected chi connectivity index (χ2v) is 8.50. The van der Waals surface area contributed by atoms with E-state index in [4.69, 9.17) is 4.74 Å². The molecule has 7 heteroatoms. The molecule has 28 heavy (non-hydrogen) atoms. The number of fused-ring (bicyclic) bond motifs is 3. The van der Waals surface area contributed by atoms with Gasteiger partial charge in [-0.1, -0.05) is 24.3 Å². The molecule has 1 unspecified atom stereocenters. The second kappa shape index (κ2) is 7.66. The Kier molecular flexibility index (Phi) is 5.07. The molecule has 0 spiro atoms. The first kappa shape index (κ1) is 18.5. The van der Waals surface area contributed by atoms with Gasteiger partial charge in [-0.25, -0.2) is 9.78 Å². The lowest BCUT2D eigenvalue weighted by molar-refractivity contribution is -0.122. The Morgan fingerprint density at radius 3 is 2.82 bits per heavy atom. The summed E-state index contributed by atoms with van der Waals surface area (Å²) in [5, 5.41) is 11.5. The van der Waals surface area contributed by atoms with Gasteiger partial charge in [0.25, 0.3) is 0 Å². The fraction of sp³-hybridized carbons (Fsp3) is 0.238. The minimum absolute atomic E-state index is 0.434. The summed E-state index contributed by atoms with van der Waals surface area (Å²) in [6, 6.07) is 12.0. The van der Waals surface area contributed by atoms with Crippen molar-refractivity contribution in [2.24, 2.45) is 0 Å². The van der Waals surface area contributed by atoms with Crippen LogP contribution in [0.5, 0.6) is 0 Å². The summed E-state index contributed by atoms with van der Waals surface area (Å²) in [4.78, 5) is 30.6. The summed E-state index contributed by atoms with van der Waals surface area (Å²) >= 11 is 2.65. The van der Waals surface area contributed by atoms with Crippen LogP contribution in [0.25, 0.3) is 10.4 Å². The molecule has 5 nitrogen and oxygen atoms in total. The predicted octanol–water partition coefficient (Wildman–Crippen LogP) is 4.31. The van der Waals surface area contributed by atoms with Gasteiger partial charge in [-0.15, -0.1) is 22.7 Å². The monoisotopic (exact) mass is 408 g/mol. The van der Waals surface area contributed by atoms with Gasteiger partial charge in [0, 0.05) is 16.0 Å². The predicted molar refractivity (Wildman–Crippen MR) is 108 cm³/mol. The van der Waals surface area contributed by atoms with Gasteiger partial charge in [0.15, 0.2) is 18.3 Å². The first-order valence-electron chi connectivity index (χ1n) is 8.79. The molecule has 1 aliphatic carbocycles. The van der Waals surface area contributed by atoms with E-state index in [9.17, 15) is 14.9 Å². The van der Waals surface area contributed by atoms with Crippen molar-refractivity contribution < 1.29 is 14.3 Å². The quantitative estimate of drug-likeness (QED) is 0.588. The van der Waals surface area contributed by atoms with E-state index in [1.165, 1.54) is 28.2 Å². The molecule has 0 saturated heterocycles. The van der Waals surface area contributed by atoms with E-state index in [1.807, 2.05) is 24.3 Å². The molecule has 2 aromatic heterocycles. The van der Waals surface area contributed by atoms with Gasteiger partial charge in [0.05, 0.1) is 6.07 Å². The van der Waals surface area contributed by atoms with Crippen LogP contribution in [0.3, 0.4) is 0 Å². The Hall–Kier alpha value is -2.82. The van der Waals surface area contributed by atoms with Crippen molar-refractivity contribution in [1.29, 1.82) is 5.26 Å². The van der Waals surface area contributed by atoms with Crippen molar-refractivity contribution in [2.45, 2.75) is 25.7 Å². The number of ketones is 1. The Bertz CT molecular complexity index is 1110. The summed E-state index contributed by atoms with van der Waals surface area (Å²) in [5.41, 5.74) is 4.33. The van der Waals surface area contributed by atoms with Crippen molar-refractivity contribution >= 4 is 34.4 Å². The number of carbonyl (C=O) groups is 2. The number of nitrogens with zero attached hydrogens (tertiary/aromatic N) is 2. The maximum absolute atomic E-state index is 12.5. The molecular formula is C21H16N2O3S2. The lowest BCUT2D eigenvalue weighted by atomic mass is 9.91. The third-order valence-corrected chi connectivity index (χ3v) is 6.83. The van der Waals surface area contributed by atoms with Crippen LogP contribution in [0, 0.1) is 18.3 Å². The van der Waals surface area contributed by atoms with Gasteiger partial charge in [0.2, 0.25) is 0 Å². The van der Waals surface area contributed by atoms with E-state index in [0.717, 1.165) is 34.5 Å². The molecule has 0 N–H and O–H groups in total. The molecule has 0 amide bonds. The molecule has 2 heterocycles. The largest absolute Gasteiger partial charge is 0.453 e. The van der Waals surface area contributed by atoms with Crippen LogP contribution in [-0.4, -0.2) is 23.3 Å². The topological polar surface area (TPSA) is 80.0 Å². The summed E-state index contributed by atoms with van der Waals surface area (Å²) < 4.78 is 5.21. The number of Topliss-reactive ketones (excluding diaryl/α,β-unsaturated/α-hetero) is 1. The molecule has 0 fully saturated rings. The van der Waals surface area contributed by atoms with Crippen LogP contribution in [0.2, 0.25) is 0 Å². The van der Waals surface area contributed by atoms with Crippen LogP contribution in [-0.2, 0) is 22.4 Å². The van der Waals surface area contributed by atoms with E-state index in [0.29, 0.717) is 9.88 Å². The number of thiophene rings is 1. The van der Waals surface area contributed by atoms with Crippen LogP contribution in [0.1, 0.15) is 37.4 Å². The zero-order chi connectivity index (χ0) is 19.7. The van der Waals surface area contributed by atoms with Crippen molar-refractivity contribution in [2.75, 3.05) is 6.61 Å². The Labute approximate surface area is 170 Å². The van der Waals surface area contributed by atoms with E-state index >= 15 is 0 Å². The van der Waals surface area contributed by atoms with E-state index in [2.05, 4.69) is 17.1 Å². The summed E-state index contributed by atoms with van der Waals surface area (Å²) in [7, 11) is 0. The average molecular weight is 409 g/mol. The van der Waals surface area contributed by atoms with E-state index in [-0.39, 0.29) is 0 Å². The number of aromatic nitrogens is 1. The zero-order valence-corrected chi connectivity index (χ0v) is 16.7. The highest BCUT2D eigenvalue weighted by atomic mass is 32.1. The number of nitriles is 1. The zero-order valence-electron chi connectivity index (χ0n) is 15.1. The number of esters is 1. The standard InChI is InChI=1S/C21H16N2O3S2/c1-12-11-27-20(23-12)16(9-22)17(24)10-26-21(25)18-8-14-7-6-13-4-2-3-5-15(13)19(14)28-18/h2-5,8,11,16H,6-7,10H2,1H3. The Morgan fingerprint density at radius 1 is 1.29 bits per heavy atom. The minimum Gasteiger partial charge on any atom is -0.453 e. The molecule has 0 bridgehead atoms. The number of hydrogen-bond acceptors (Lipinski definition) is 7. The van der Waals surface area contributed by atoms with E-state index in [1.54, 1.807) is 12.3 Å². The highest BCUT2D eigenvalue weighted by Crippen LogP contribution is 2.39. The van der Waals surface area contributed by atoms with Gasteiger partial charge in [-0.2, -0.15) is 5.26 Å². The summed E-state index contributed by atoms with van der Waals surface area (Å²) in [6.45, 7) is 1.37. The number of carbonyl (C=O) groups excluding carboxylic acids is 2. The molecule has 0 radical (unpaired) electrons. The van der Waals surface area contributed by atoms with Crippen molar-refractivity contribution in [1.82, 2.24) is 4.98 Å². The first-order chi connectivity index (χ1) is 13.6. The van der Waals surface area contributed by atoms with Crippen molar-refractivity contribution in [3.8, 4) is 16.5 Å². The van der Waals surface area contributed by atoms with Gasteiger partial charge in [-0.05, 0) is 42.5 Å². The second-order valence-electron chi connectivity index (χ2n) is 6.55. The number of aryl methyl sites for hydroxylation is 3. The number of rotatable bonds is 5. The normalized spacial score (nSPS) is 13.1. The summed E-state index contributed by atoms with van der Waals surface area (Å²) in [6.07, 6.45) is 1.83. The van der Waals surface area contributed by atoms with Gasteiger partial charge >= 0.3 is 5.97 Å². The highest BCUT2D eigenvalue weighted by Gasteiger charge is 2.26. The molecule has 1 aromatic carbocycles. The van der Waals surface area contributed by atoms with Crippen LogP contribution in [0.15, 0.2) is 35.7 Å². The first-order valence-corrected chi connectivity index (χ1v) is 10.5. The number of hydrogen-bond donors (Lipinski definition) is 0. The molecule has 1 atom stereocenters. The smallest absolute Gasteiger partial charge is 0.348 e. The number of ether oxygens (including phenoxy) is 1. The van der Waals surface area contributed by atoms with E-state index < -0.39 is 24.3 Å². The average Bonchev–Trinajstić information content (AvgIpc) is 3.33. The van der Waals surface area contributed by atoms with Crippen LogP contribution < -0.4 is 0 Å². The fourth-order valence-corrected chi connectivity index (χ4v) is 5.26. The lowest BCUT2D eigenvalue weighted by Crippen LogP contribution is -2.19. The SMILES string of the molecule is Cc1csc(C(C#N)C(=O)COC(=O)c2cc3c(s2)-c2ccccc2CC3)n1. The van der Waals surface area contributed by atoms with Gasteiger partial charge < -0.3 is 4.74 Å². The molecular weight excluding hydrogens is 392 g/mol. The van der Waals surface area contributed by atoms with Crippen molar-refractivity contribution in [3.05, 3.63) is 62.4 Å². The highest BCUT2D eigenvalue weighted by molar-refractivity contribution is 7.17. The molecule has 3 aromatic rings. The van der Waals surface area contributed by atoms with Crippen LogP contribution >= 0.6 is 22.7 Å². The maximum Gasteiger partial charge on any atom is 0.348 e. The minimum atomic E-state index is -1.00. The number of benzene rings is 1. The lowest BCUT2D eigenvalue weighted by Gasteiger charge is -2.15. The number of thiazole rings is 1. The van der Waals surface area contributed by atoms with Gasteiger partial charge in [-0.3, -0.25) is 4.79 Å². The maximum atomic E-state index is 12.5. The third kappa shape index (κ3) is 3.49. The molecule has 0 aliphatic heterocycles. The Morgan fingerprint density at radius 2 is 2.07 bits per heavy atom. The fourth-order valence-electron chi connectivity index (χ4n) is 3.23. The molecule has 4 rings (SSSR count). The van der Waals surface area contributed by atoms with Crippen molar-refractivity contribution in [3.63, 3.8) is 0 Å². The molecule has 140 valence electrons. The van der Waals surface area contributed by atoms with Gasteiger partial charge in [0.1, 0.15) is 9.88 Å².